The number of thiazole rings is 1. The number of piperidine rings is 1. The minimum atomic E-state index is -0.602. The van der Waals surface area contributed by atoms with Gasteiger partial charge in [-0.1, -0.05) is 0 Å². The molecule has 3 N–H and O–H groups in total. The van der Waals surface area contributed by atoms with E-state index in [0.29, 0.717) is 46.1 Å². The first kappa shape index (κ1) is 23.7. The Morgan fingerprint density at radius 2 is 1.92 bits per heavy atom. The summed E-state index contributed by atoms with van der Waals surface area (Å²) >= 11 is 1.32. The summed E-state index contributed by atoms with van der Waals surface area (Å²) in [4.78, 5) is 29.0. The molecule has 0 spiro atoms. The number of aromatic amines is 1. The van der Waals surface area contributed by atoms with Crippen LogP contribution in [0.5, 0.6) is 5.88 Å². The Balaban J connectivity index is 1.16. The average molecular weight is 520 g/mol. The number of rotatable bonds is 6. The lowest BCUT2D eigenvalue weighted by Crippen LogP contribution is -2.33. The zero-order chi connectivity index (χ0) is 25.9. The summed E-state index contributed by atoms with van der Waals surface area (Å²) in [6.07, 6.45) is 1.41. The van der Waals surface area contributed by atoms with Gasteiger partial charge in [-0.2, -0.15) is 5.10 Å². The lowest BCUT2D eigenvalue weighted by Gasteiger charge is -2.22. The molecular weight excluding hydrogens is 493 g/mol. The number of nitrogens with two attached hydrogens (primary N) is 1. The number of hydrogen-bond donors (Lipinski definition) is 2. The Morgan fingerprint density at radius 3 is 2.57 bits per heavy atom. The van der Waals surface area contributed by atoms with E-state index in [4.69, 9.17) is 15.5 Å². The maximum atomic E-state index is 13.4. The molecular formula is C26H26FN7O2S. The van der Waals surface area contributed by atoms with E-state index in [1.165, 1.54) is 29.8 Å². The molecule has 0 unspecified atom stereocenters. The number of nitrogens with zero attached hydrogens (tertiary/aromatic N) is 5. The largest absolute Gasteiger partial charge is 0.474 e. The highest BCUT2D eigenvalue weighted by molar-refractivity contribution is 7.17. The Morgan fingerprint density at radius 1 is 1.19 bits per heavy atom. The van der Waals surface area contributed by atoms with Gasteiger partial charge in [-0.05, 0) is 56.7 Å². The third kappa shape index (κ3) is 4.49. The molecule has 37 heavy (non-hydrogen) atoms. The van der Waals surface area contributed by atoms with Crippen LogP contribution < -0.4 is 10.5 Å². The van der Waals surface area contributed by atoms with Crippen molar-refractivity contribution in [3.05, 3.63) is 64.7 Å². The Kier molecular flexibility index (Phi) is 5.57. The predicted octanol–water partition coefficient (Wildman–Crippen LogP) is 3.78. The number of aromatic nitrogens is 5. The first-order valence-corrected chi connectivity index (χ1v) is 12.9. The van der Waals surface area contributed by atoms with Crippen LogP contribution in [-0.4, -0.2) is 55.1 Å². The van der Waals surface area contributed by atoms with Crippen LogP contribution in [-0.2, 0) is 5.54 Å². The van der Waals surface area contributed by atoms with Crippen LogP contribution in [0.15, 0.2) is 42.7 Å². The fourth-order valence-electron chi connectivity index (χ4n) is 4.81. The Labute approximate surface area is 216 Å². The molecule has 1 aliphatic carbocycles. The van der Waals surface area contributed by atoms with E-state index < -0.39 is 5.54 Å². The quantitative estimate of drug-likeness (QED) is 0.397. The summed E-state index contributed by atoms with van der Waals surface area (Å²) in [6, 6.07) is 10.00. The summed E-state index contributed by atoms with van der Waals surface area (Å²) < 4.78 is 19.8. The molecule has 11 heteroatoms. The fraction of sp³-hybridized carbons (Fsp3) is 0.346. The maximum Gasteiger partial charge on any atom is 0.265 e. The molecule has 1 amide bonds. The molecule has 4 heterocycles. The van der Waals surface area contributed by atoms with Gasteiger partial charge in [0, 0.05) is 42.1 Å². The smallest absolute Gasteiger partial charge is 0.265 e. The molecule has 3 atom stereocenters. The lowest BCUT2D eigenvalue weighted by molar-refractivity contribution is 0.0755. The van der Waals surface area contributed by atoms with Crippen LogP contribution >= 0.6 is 11.3 Å². The topological polar surface area (TPSA) is 123 Å². The van der Waals surface area contributed by atoms with E-state index in [2.05, 4.69) is 20.2 Å². The minimum Gasteiger partial charge on any atom is -0.474 e. The number of carbonyl (C=O) groups excluding carboxylic acids is 1. The predicted molar refractivity (Wildman–Crippen MR) is 136 cm³/mol. The molecule has 1 aromatic carbocycles. The molecule has 0 bridgehead atoms. The highest BCUT2D eigenvalue weighted by Crippen LogP contribution is 2.48. The van der Waals surface area contributed by atoms with Crippen LogP contribution in [0.4, 0.5) is 4.39 Å². The number of fused-ring (bicyclic) bond motifs is 1. The van der Waals surface area contributed by atoms with E-state index in [9.17, 15) is 9.18 Å². The molecule has 190 valence electrons. The Bertz CT molecular complexity index is 1450. The summed E-state index contributed by atoms with van der Waals surface area (Å²) in [5, 5.41) is 7.30. The van der Waals surface area contributed by atoms with E-state index in [1.807, 2.05) is 37.8 Å². The minimum absolute atomic E-state index is 0.0129. The van der Waals surface area contributed by atoms with Gasteiger partial charge in [0.05, 0.1) is 11.4 Å². The first-order chi connectivity index (χ1) is 17.7. The normalized spacial score (nSPS) is 20.7. The molecule has 2 aliphatic rings. The second-order valence-corrected chi connectivity index (χ2v) is 11.2. The van der Waals surface area contributed by atoms with Crippen molar-refractivity contribution in [3.8, 4) is 28.0 Å². The molecule has 4 aromatic rings. The van der Waals surface area contributed by atoms with Crippen molar-refractivity contribution >= 4 is 17.2 Å². The van der Waals surface area contributed by atoms with E-state index in [0.717, 1.165) is 11.1 Å². The molecule has 1 aliphatic heterocycles. The van der Waals surface area contributed by atoms with Crippen LogP contribution in [0.2, 0.25) is 0 Å². The maximum absolute atomic E-state index is 13.4. The summed E-state index contributed by atoms with van der Waals surface area (Å²) in [7, 11) is 0. The van der Waals surface area contributed by atoms with Crippen molar-refractivity contribution < 1.29 is 13.9 Å². The molecule has 6 rings (SSSR count). The number of aryl methyl sites for hydroxylation is 1. The second-order valence-electron chi connectivity index (χ2n) is 10.2. The molecule has 2 fully saturated rings. The fourth-order valence-corrected chi connectivity index (χ4v) is 5.79. The number of benzene rings is 1. The number of H-pyrrole nitrogens is 1. The van der Waals surface area contributed by atoms with Gasteiger partial charge in [0.2, 0.25) is 5.88 Å². The molecule has 1 saturated carbocycles. The zero-order valence-corrected chi connectivity index (χ0v) is 21.4. The third-order valence-electron chi connectivity index (χ3n) is 6.95. The molecule has 3 aromatic heterocycles. The second kappa shape index (κ2) is 8.70. The van der Waals surface area contributed by atoms with Crippen molar-refractivity contribution in [2.24, 2.45) is 17.6 Å². The standard InChI is InChI=1S/C26H26FN7O2S/c1-13-22(37-24(31-13)23-29-12-30-33-23)25(35)34-10-17-18(11-34)21(17)36-20-9-15(26(2,3)28)8-19(32-20)14-4-6-16(27)7-5-14/h4-9,12,17-18,21H,10-11,28H2,1-3H3,(H,29,30,33)/t17-,18+,21-. The van der Waals surface area contributed by atoms with Crippen molar-refractivity contribution in [3.63, 3.8) is 0 Å². The molecule has 1 saturated heterocycles. The lowest BCUT2D eigenvalue weighted by atomic mass is 9.95. The van der Waals surface area contributed by atoms with Gasteiger partial charge in [0.25, 0.3) is 5.91 Å². The summed E-state index contributed by atoms with van der Waals surface area (Å²) in [5.74, 6) is 1.22. The van der Waals surface area contributed by atoms with Gasteiger partial charge in [-0.25, -0.2) is 19.3 Å². The van der Waals surface area contributed by atoms with Gasteiger partial charge in [0.15, 0.2) is 10.8 Å². The monoisotopic (exact) mass is 519 g/mol. The summed E-state index contributed by atoms with van der Waals surface area (Å²) in [6.45, 7) is 6.92. The van der Waals surface area contributed by atoms with Crippen LogP contribution in [0.1, 0.15) is 34.8 Å². The number of amides is 1. The number of carbonyl (C=O) groups is 1. The first-order valence-electron chi connectivity index (χ1n) is 12.0. The van der Waals surface area contributed by atoms with Crippen LogP contribution in [0.3, 0.4) is 0 Å². The van der Waals surface area contributed by atoms with Gasteiger partial charge in [-0.3, -0.25) is 9.89 Å². The number of likely N-dealkylation sites (tertiary alicyclic amines) is 1. The Hall–Kier alpha value is -3.70. The van der Waals surface area contributed by atoms with E-state index in [-0.39, 0.29) is 29.7 Å². The third-order valence-corrected chi connectivity index (χ3v) is 8.11. The van der Waals surface area contributed by atoms with Crippen LogP contribution in [0, 0.1) is 24.6 Å². The average Bonchev–Trinajstić information content (AvgIpc) is 3.36. The van der Waals surface area contributed by atoms with E-state index in [1.54, 1.807) is 12.1 Å². The number of ether oxygens (including phenoxy) is 1. The number of hydrogen-bond acceptors (Lipinski definition) is 8. The molecule has 0 radical (unpaired) electrons. The van der Waals surface area contributed by atoms with Gasteiger partial charge in [0.1, 0.15) is 23.1 Å². The van der Waals surface area contributed by atoms with Gasteiger partial charge >= 0.3 is 0 Å². The van der Waals surface area contributed by atoms with Crippen molar-refractivity contribution in [1.82, 2.24) is 30.0 Å². The summed E-state index contributed by atoms with van der Waals surface area (Å²) in [5.41, 5.74) is 8.81. The number of nitrogens with one attached hydrogen (secondary N) is 1. The van der Waals surface area contributed by atoms with Gasteiger partial charge < -0.3 is 15.4 Å². The SMILES string of the molecule is Cc1nc(-c2ncn[nH]2)sc1C(=O)N1C[C@@H]2[C@H](C1)[C@@H]2Oc1cc(C(C)(C)N)cc(-c2ccc(F)cc2)n1. The highest BCUT2D eigenvalue weighted by atomic mass is 32.1. The molecule has 9 nitrogen and oxygen atoms in total. The van der Waals surface area contributed by atoms with Crippen molar-refractivity contribution in [1.29, 1.82) is 0 Å². The zero-order valence-electron chi connectivity index (χ0n) is 20.6. The van der Waals surface area contributed by atoms with Crippen molar-refractivity contribution in [2.45, 2.75) is 32.4 Å². The van der Waals surface area contributed by atoms with Crippen molar-refractivity contribution in [2.75, 3.05) is 13.1 Å². The van der Waals surface area contributed by atoms with Crippen LogP contribution in [0.25, 0.3) is 22.1 Å². The highest BCUT2D eigenvalue weighted by Gasteiger charge is 2.59. The number of halogens is 1. The van der Waals surface area contributed by atoms with Gasteiger partial charge in [-0.15, -0.1) is 11.3 Å². The number of pyridine rings is 1. The van der Waals surface area contributed by atoms with E-state index >= 15 is 0 Å².